The zero-order valence-electron chi connectivity index (χ0n) is 7.65. The highest BCUT2D eigenvalue weighted by Gasteiger charge is 2.07. The van der Waals surface area contributed by atoms with Crippen LogP contribution in [0.4, 0.5) is 0 Å². The largest absolute Gasteiger partial charge is 0.366 e. The molecule has 1 rings (SSSR count). The van der Waals surface area contributed by atoms with Crippen molar-refractivity contribution in [2.75, 3.05) is 6.26 Å². The van der Waals surface area contributed by atoms with Crippen molar-refractivity contribution < 1.29 is 4.79 Å². The summed E-state index contributed by atoms with van der Waals surface area (Å²) in [6, 6.07) is 3.81. The zero-order chi connectivity index (χ0) is 9.84. The first-order valence-electron chi connectivity index (χ1n) is 3.85. The van der Waals surface area contributed by atoms with Gasteiger partial charge in [0.15, 0.2) is 0 Å². The fraction of sp³-hybridized carbons (Fsp3) is 0.222. The molecule has 0 atom stereocenters. The number of thioether (sulfide) groups is 1. The number of carbonyl (C=O) groups excluding carboxylic acids is 1. The molecule has 0 saturated heterocycles. The molecule has 1 heterocycles. The Morgan fingerprint density at radius 2 is 1.92 bits per heavy atom. The van der Waals surface area contributed by atoms with Crippen molar-refractivity contribution in [3.63, 3.8) is 0 Å². The maximum absolute atomic E-state index is 10.9. The van der Waals surface area contributed by atoms with E-state index in [0.717, 1.165) is 5.03 Å². The van der Waals surface area contributed by atoms with Crippen LogP contribution >= 0.6 is 11.8 Å². The van der Waals surface area contributed by atoms with Crippen LogP contribution in [0.25, 0.3) is 5.03 Å². The van der Waals surface area contributed by atoms with Crippen LogP contribution in [-0.2, 0) is 4.79 Å². The molecule has 1 amide bonds. The summed E-state index contributed by atoms with van der Waals surface area (Å²) in [7, 11) is 0. The normalized spacial score (nSPS) is 12.5. The van der Waals surface area contributed by atoms with E-state index >= 15 is 0 Å². The Labute approximate surface area is 81.6 Å². The van der Waals surface area contributed by atoms with Crippen LogP contribution in [0.2, 0.25) is 0 Å². The quantitative estimate of drug-likeness (QED) is 0.745. The van der Waals surface area contributed by atoms with E-state index in [1.165, 1.54) is 11.8 Å². The van der Waals surface area contributed by atoms with Gasteiger partial charge in [-0.25, -0.2) is 0 Å². The van der Waals surface area contributed by atoms with Gasteiger partial charge in [0.25, 0.3) is 0 Å². The van der Waals surface area contributed by atoms with E-state index in [9.17, 15) is 4.79 Å². The average Bonchev–Trinajstić information content (AvgIpc) is 2.58. The van der Waals surface area contributed by atoms with Crippen molar-refractivity contribution in [1.29, 1.82) is 0 Å². The molecule has 0 aliphatic carbocycles. The predicted octanol–water partition coefficient (Wildman–Crippen LogP) is 1.52. The van der Waals surface area contributed by atoms with E-state index in [0.29, 0.717) is 5.57 Å². The fourth-order valence-electron chi connectivity index (χ4n) is 1.03. The number of hydrogen-bond acceptors (Lipinski definition) is 2. The van der Waals surface area contributed by atoms with Crippen LogP contribution in [0.1, 0.15) is 6.92 Å². The second-order valence-electron chi connectivity index (χ2n) is 2.59. The summed E-state index contributed by atoms with van der Waals surface area (Å²) in [5, 5.41) is 0.873. The zero-order valence-corrected chi connectivity index (χ0v) is 8.47. The predicted molar refractivity (Wildman–Crippen MR) is 56.0 cm³/mol. The van der Waals surface area contributed by atoms with Gasteiger partial charge in [0.1, 0.15) is 0 Å². The molecule has 3 nitrogen and oxygen atoms in total. The summed E-state index contributed by atoms with van der Waals surface area (Å²) in [6.07, 6.45) is 5.69. The van der Waals surface area contributed by atoms with Gasteiger partial charge in [-0.15, -0.1) is 11.8 Å². The number of rotatable bonds is 3. The van der Waals surface area contributed by atoms with Crippen molar-refractivity contribution in [3.05, 3.63) is 30.1 Å². The lowest BCUT2D eigenvalue weighted by Gasteiger charge is -2.08. The Hall–Kier alpha value is -1.16. The van der Waals surface area contributed by atoms with Crippen molar-refractivity contribution in [2.24, 2.45) is 5.73 Å². The fourth-order valence-corrected chi connectivity index (χ4v) is 1.77. The molecule has 0 aliphatic rings. The lowest BCUT2D eigenvalue weighted by atomic mass is 10.3. The molecule has 0 saturated carbocycles. The van der Waals surface area contributed by atoms with Crippen molar-refractivity contribution in [2.45, 2.75) is 6.92 Å². The van der Waals surface area contributed by atoms with Crippen LogP contribution in [0.3, 0.4) is 0 Å². The molecule has 4 heteroatoms. The Bertz CT molecular complexity index is 327. The first-order chi connectivity index (χ1) is 6.16. The van der Waals surface area contributed by atoms with E-state index in [2.05, 4.69) is 0 Å². The lowest BCUT2D eigenvalue weighted by Crippen LogP contribution is -2.14. The highest BCUT2D eigenvalue weighted by Crippen LogP contribution is 2.22. The number of hydrogen-bond donors (Lipinski definition) is 1. The highest BCUT2D eigenvalue weighted by atomic mass is 32.2. The number of amides is 1. The second kappa shape index (κ2) is 4.18. The van der Waals surface area contributed by atoms with Gasteiger partial charge in [-0.2, -0.15) is 0 Å². The Morgan fingerprint density at radius 3 is 2.31 bits per heavy atom. The standard InChI is InChI=1S/C9H12N2OS/c1-7(8(10)12)9(13-2)11-5-3-4-6-11/h3-6H,1-2H3,(H2,10,12)/b9-7+. The van der Waals surface area contributed by atoms with E-state index in [1.807, 2.05) is 35.3 Å². The summed E-state index contributed by atoms with van der Waals surface area (Å²) in [5.74, 6) is -0.377. The SMILES string of the molecule is CS/C(=C(\C)C(N)=O)n1cccc1. The summed E-state index contributed by atoms with van der Waals surface area (Å²) < 4.78 is 1.88. The molecule has 1 aromatic heterocycles. The number of primary amides is 1. The minimum atomic E-state index is -0.377. The molecule has 0 aliphatic heterocycles. The van der Waals surface area contributed by atoms with Crippen LogP contribution in [-0.4, -0.2) is 16.7 Å². The minimum Gasteiger partial charge on any atom is -0.366 e. The molecule has 1 aromatic rings. The monoisotopic (exact) mass is 196 g/mol. The van der Waals surface area contributed by atoms with Crippen molar-refractivity contribution >= 4 is 22.7 Å². The number of nitrogens with zero attached hydrogens (tertiary/aromatic N) is 1. The van der Waals surface area contributed by atoms with Crippen molar-refractivity contribution in [3.8, 4) is 0 Å². The van der Waals surface area contributed by atoms with Gasteiger partial charge >= 0.3 is 0 Å². The summed E-state index contributed by atoms with van der Waals surface area (Å²) in [5.41, 5.74) is 5.78. The van der Waals surface area contributed by atoms with E-state index < -0.39 is 0 Å². The smallest absolute Gasteiger partial charge is 0.246 e. The van der Waals surface area contributed by atoms with Gasteiger partial charge in [-0.1, -0.05) is 0 Å². The third kappa shape index (κ3) is 2.15. The molecular formula is C9H12N2OS. The molecule has 0 spiro atoms. The van der Waals surface area contributed by atoms with Crippen LogP contribution < -0.4 is 5.73 Å². The lowest BCUT2D eigenvalue weighted by molar-refractivity contribution is -0.114. The first-order valence-corrected chi connectivity index (χ1v) is 5.07. The van der Waals surface area contributed by atoms with Crippen LogP contribution in [0.15, 0.2) is 30.1 Å². The van der Waals surface area contributed by atoms with E-state index in [1.54, 1.807) is 6.92 Å². The minimum absolute atomic E-state index is 0.377. The van der Waals surface area contributed by atoms with E-state index in [4.69, 9.17) is 5.73 Å². The molecule has 0 unspecified atom stereocenters. The maximum atomic E-state index is 10.9. The van der Waals surface area contributed by atoms with Gasteiger partial charge in [-0.05, 0) is 25.3 Å². The van der Waals surface area contributed by atoms with Crippen molar-refractivity contribution in [1.82, 2.24) is 4.57 Å². The molecular weight excluding hydrogens is 184 g/mol. The molecule has 0 bridgehead atoms. The number of carbonyl (C=O) groups is 1. The number of aromatic nitrogens is 1. The van der Waals surface area contributed by atoms with Gasteiger partial charge < -0.3 is 10.3 Å². The molecule has 0 aromatic carbocycles. The first kappa shape index (κ1) is 9.92. The van der Waals surface area contributed by atoms with Crippen LogP contribution in [0, 0.1) is 0 Å². The second-order valence-corrected chi connectivity index (χ2v) is 3.38. The molecule has 2 N–H and O–H groups in total. The molecule has 70 valence electrons. The molecule has 13 heavy (non-hydrogen) atoms. The van der Waals surface area contributed by atoms with Gasteiger partial charge in [0, 0.05) is 18.0 Å². The number of nitrogens with two attached hydrogens (primary N) is 1. The Balaban J connectivity index is 3.11. The van der Waals surface area contributed by atoms with Gasteiger partial charge in [0.05, 0.1) is 5.03 Å². The summed E-state index contributed by atoms with van der Waals surface area (Å²) in [6.45, 7) is 1.73. The topological polar surface area (TPSA) is 48.0 Å². The van der Waals surface area contributed by atoms with Gasteiger partial charge in [0.2, 0.25) is 5.91 Å². The van der Waals surface area contributed by atoms with Gasteiger partial charge in [-0.3, -0.25) is 4.79 Å². The van der Waals surface area contributed by atoms with Crippen LogP contribution in [0.5, 0.6) is 0 Å². The molecule has 0 fully saturated rings. The third-order valence-electron chi connectivity index (χ3n) is 1.72. The summed E-state index contributed by atoms with van der Waals surface area (Å²) >= 11 is 1.51. The highest BCUT2D eigenvalue weighted by molar-refractivity contribution is 8.07. The van der Waals surface area contributed by atoms with E-state index in [-0.39, 0.29) is 5.91 Å². The maximum Gasteiger partial charge on any atom is 0.246 e. The average molecular weight is 196 g/mol. The Morgan fingerprint density at radius 1 is 1.38 bits per heavy atom. The Kier molecular flexibility index (Phi) is 3.19. The molecule has 0 radical (unpaired) electrons. The third-order valence-corrected chi connectivity index (χ3v) is 2.63. The summed E-state index contributed by atoms with van der Waals surface area (Å²) in [4.78, 5) is 10.9.